The summed E-state index contributed by atoms with van der Waals surface area (Å²) in [5.41, 5.74) is 8.07. The van der Waals surface area contributed by atoms with Gasteiger partial charge in [-0.3, -0.25) is 19.9 Å². The zero-order chi connectivity index (χ0) is 20.5. The Labute approximate surface area is 178 Å². The summed E-state index contributed by atoms with van der Waals surface area (Å²) < 4.78 is 0. The fourth-order valence-electron chi connectivity index (χ4n) is 5.72. The second-order valence-corrected chi connectivity index (χ2v) is 9.32. The molecule has 4 aliphatic rings. The highest BCUT2D eigenvalue weighted by Gasteiger charge is 2.46. The normalized spacial score (nSPS) is 32.5. The van der Waals surface area contributed by atoms with Crippen LogP contribution in [0.4, 0.5) is 0 Å². The quantitative estimate of drug-likeness (QED) is 0.779. The Kier molecular flexibility index (Phi) is 5.76. The van der Waals surface area contributed by atoms with E-state index in [1.54, 1.807) is 0 Å². The number of likely N-dealkylation sites (tertiary alicyclic amines) is 1. The molecule has 3 saturated heterocycles. The molecule has 7 nitrogen and oxygen atoms in total. The number of hydrazine groups is 1. The molecule has 30 heavy (non-hydrogen) atoms. The molecule has 7 heteroatoms. The van der Waals surface area contributed by atoms with Crippen molar-refractivity contribution in [3.05, 3.63) is 35.9 Å². The summed E-state index contributed by atoms with van der Waals surface area (Å²) in [6, 6.07) is 10.9. The first-order valence-electron chi connectivity index (χ1n) is 11.5. The predicted octanol–water partition coefficient (Wildman–Crippen LogP) is 1.17. The first-order chi connectivity index (χ1) is 14.7. The van der Waals surface area contributed by atoms with Gasteiger partial charge in [0.1, 0.15) is 0 Å². The molecule has 0 spiro atoms. The Bertz CT molecular complexity index is 764. The number of nitrogens with zero attached hydrogens (tertiary/aromatic N) is 3. The van der Waals surface area contributed by atoms with Crippen molar-refractivity contribution in [2.75, 3.05) is 32.7 Å². The van der Waals surface area contributed by atoms with Gasteiger partial charge in [-0.05, 0) is 18.4 Å². The predicted molar refractivity (Wildman–Crippen MR) is 114 cm³/mol. The number of amides is 2. The highest BCUT2D eigenvalue weighted by Crippen LogP contribution is 2.34. The van der Waals surface area contributed by atoms with Crippen molar-refractivity contribution in [1.82, 2.24) is 25.6 Å². The molecule has 3 heterocycles. The van der Waals surface area contributed by atoms with Gasteiger partial charge in [0.15, 0.2) is 0 Å². The molecule has 162 valence electrons. The zero-order valence-corrected chi connectivity index (χ0v) is 17.6. The van der Waals surface area contributed by atoms with Crippen LogP contribution in [0.15, 0.2) is 30.3 Å². The molecule has 1 aromatic rings. The van der Waals surface area contributed by atoms with E-state index in [4.69, 9.17) is 0 Å². The summed E-state index contributed by atoms with van der Waals surface area (Å²) in [6.07, 6.45) is 5.22. The van der Waals surface area contributed by atoms with Crippen molar-refractivity contribution >= 4 is 11.8 Å². The van der Waals surface area contributed by atoms with Gasteiger partial charge in [-0.25, -0.2) is 5.43 Å². The van der Waals surface area contributed by atoms with Gasteiger partial charge in [-0.1, -0.05) is 43.2 Å². The number of hydrogen-bond donors (Lipinski definition) is 2. The standard InChI is InChI=1S/C23H33N5O2/c29-21-14-18(16-28(21)22-19-8-4-5-9-20(19)24-25-22)23(30)27-12-10-26(11-13-27)15-17-6-2-1-3-7-17/h1-3,6-7,18-20,22,24-25H,4-5,8-16H2. The summed E-state index contributed by atoms with van der Waals surface area (Å²) in [5, 5.41) is 0. The molecule has 4 fully saturated rings. The van der Waals surface area contributed by atoms with Gasteiger partial charge in [-0.2, -0.15) is 0 Å². The second-order valence-electron chi connectivity index (χ2n) is 9.32. The molecule has 0 bridgehead atoms. The van der Waals surface area contributed by atoms with E-state index in [9.17, 15) is 9.59 Å². The lowest BCUT2D eigenvalue weighted by Crippen LogP contribution is -2.51. The fraction of sp³-hybridized carbons (Fsp3) is 0.652. The lowest BCUT2D eigenvalue weighted by molar-refractivity contribution is -0.137. The summed E-state index contributed by atoms with van der Waals surface area (Å²) in [5.74, 6) is 0.568. The van der Waals surface area contributed by atoms with E-state index in [1.807, 2.05) is 15.9 Å². The van der Waals surface area contributed by atoms with E-state index in [0.717, 1.165) is 39.1 Å². The summed E-state index contributed by atoms with van der Waals surface area (Å²) in [4.78, 5) is 32.2. The summed E-state index contributed by atoms with van der Waals surface area (Å²) in [7, 11) is 0. The van der Waals surface area contributed by atoms with Gasteiger partial charge in [-0.15, -0.1) is 0 Å². The zero-order valence-electron chi connectivity index (χ0n) is 17.6. The Morgan fingerprint density at radius 1 is 1.00 bits per heavy atom. The van der Waals surface area contributed by atoms with Crippen LogP contribution in [-0.2, 0) is 16.1 Å². The maximum absolute atomic E-state index is 13.1. The Hall–Kier alpha value is -1.96. The van der Waals surface area contributed by atoms with Crippen LogP contribution in [0.3, 0.4) is 0 Å². The van der Waals surface area contributed by atoms with Crippen LogP contribution in [0.2, 0.25) is 0 Å². The Morgan fingerprint density at radius 3 is 2.57 bits per heavy atom. The van der Waals surface area contributed by atoms with Crippen LogP contribution in [0.5, 0.6) is 0 Å². The maximum Gasteiger partial charge on any atom is 0.228 e. The third-order valence-electron chi connectivity index (χ3n) is 7.42. The van der Waals surface area contributed by atoms with Crippen LogP contribution >= 0.6 is 0 Å². The minimum absolute atomic E-state index is 0.0447. The van der Waals surface area contributed by atoms with E-state index < -0.39 is 0 Å². The third kappa shape index (κ3) is 3.98. The number of benzene rings is 1. The van der Waals surface area contributed by atoms with Gasteiger partial charge < -0.3 is 9.80 Å². The first-order valence-corrected chi connectivity index (χ1v) is 11.5. The molecule has 5 rings (SSSR count). The van der Waals surface area contributed by atoms with Crippen LogP contribution in [-0.4, -0.2) is 71.4 Å². The number of hydrogen-bond acceptors (Lipinski definition) is 5. The van der Waals surface area contributed by atoms with Crippen molar-refractivity contribution in [1.29, 1.82) is 0 Å². The molecule has 4 atom stereocenters. The molecular formula is C23H33N5O2. The van der Waals surface area contributed by atoms with Gasteiger partial charge in [0.05, 0.1) is 12.1 Å². The van der Waals surface area contributed by atoms with E-state index >= 15 is 0 Å². The molecule has 1 saturated carbocycles. The molecule has 2 amide bonds. The molecule has 2 N–H and O–H groups in total. The van der Waals surface area contributed by atoms with Gasteiger partial charge >= 0.3 is 0 Å². The van der Waals surface area contributed by atoms with E-state index in [-0.39, 0.29) is 23.9 Å². The lowest BCUT2D eigenvalue weighted by atomic mass is 9.84. The minimum Gasteiger partial charge on any atom is -0.340 e. The highest BCUT2D eigenvalue weighted by atomic mass is 16.2. The summed E-state index contributed by atoms with van der Waals surface area (Å²) >= 11 is 0. The smallest absolute Gasteiger partial charge is 0.228 e. The van der Waals surface area contributed by atoms with E-state index in [1.165, 1.54) is 24.8 Å². The van der Waals surface area contributed by atoms with Crippen molar-refractivity contribution in [2.45, 2.75) is 50.9 Å². The van der Waals surface area contributed by atoms with Crippen molar-refractivity contribution in [3.8, 4) is 0 Å². The molecular weight excluding hydrogens is 378 g/mol. The summed E-state index contributed by atoms with van der Waals surface area (Å²) in [6.45, 7) is 4.78. The van der Waals surface area contributed by atoms with Gasteiger partial charge in [0.2, 0.25) is 11.8 Å². The first kappa shape index (κ1) is 20.0. The van der Waals surface area contributed by atoms with E-state index in [2.05, 4.69) is 40.0 Å². The second kappa shape index (κ2) is 8.65. The molecule has 1 aliphatic carbocycles. The number of nitrogens with one attached hydrogen (secondary N) is 2. The number of carbonyl (C=O) groups excluding carboxylic acids is 2. The highest BCUT2D eigenvalue weighted by molar-refractivity contribution is 5.89. The van der Waals surface area contributed by atoms with Crippen LogP contribution < -0.4 is 10.9 Å². The Morgan fingerprint density at radius 2 is 1.77 bits per heavy atom. The average Bonchev–Trinajstić information content (AvgIpc) is 3.38. The van der Waals surface area contributed by atoms with Gasteiger partial charge in [0, 0.05) is 57.6 Å². The average molecular weight is 412 g/mol. The number of fused-ring (bicyclic) bond motifs is 1. The van der Waals surface area contributed by atoms with Crippen molar-refractivity contribution in [2.24, 2.45) is 11.8 Å². The van der Waals surface area contributed by atoms with Crippen LogP contribution in [0.25, 0.3) is 0 Å². The number of carbonyl (C=O) groups is 2. The van der Waals surface area contributed by atoms with Crippen LogP contribution in [0, 0.1) is 11.8 Å². The maximum atomic E-state index is 13.1. The van der Waals surface area contributed by atoms with Crippen molar-refractivity contribution < 1.29 is 9.59 Å². The molecule has 0 aromatic heterocycles. The molecule has 0 radical (unpaired) electrons. The SMILES string of the molecule is O=C(C1CC(=O)N(C2NNC3CCCCC32)C1)N1CCN(Cc2ccccc2)CC1. The topological polar surface area (TPSA) is 67.9 Å². The molecule has 3 aliphatic heterocycles. The van der Waals surface area contributed by atoms with Crippen LogP contribution in [0.1, 0.15) is 37.7 Å². The van der Waals surface area contributed by atoms with E-state index in [0.29, 0.717) is 24.9 Å². The molecule has 4 unspecified atom stereocenters. The molecule has 1 aromatic carbocycles. The third-order valence-corrected chi connectivity index (χ3v) is 7.42. The lowest BCUT2D eigenvalue weighted by Gasteiger charge is -2.36. The largest absolute Gasteiger partial charge is 0.340 e. The number of rotatable bonds is 4. The Balaban J connectivity index is 1.14. The van der Waals surface area contributed by atoms with Crippen molar-refractivity contribution in [3.63, 3.8) is 0 Å². The number of piperazine rings is 1. The fourth-order valence-corrected chi connectivity index (χ4v) is 5.72. The monoisotopic (exact) mass is 411 g/mol. The minimum atomic E-state index is -0.192. The van der Waals surface area contributed by atoms with Gasteiger partial charge in [0.25, 0.3) is 0 Å².